The van der Waals surface area contributed by atoms with Gasteiger partial charge in [-0.2, -0.15) is 5.26 Å². The molecular formula is C32H30N4O2S2. The maximum Gasteiger partial charge on any atom is 0.255 e. The molecule has 8 heteroatoms. The number of rotatable bonds is 8. The van der Waals surface area contributed by atoms with Crippen molar-refractivity contribution in [3.05, 3.63) is 112 Å². The van der Waals surface area contributed by atoms with Crippen LogP contribution >= 0.6 is 23.1 Å². The Labute approximate surface area is 243 Å². The molecule has 2 N–H and O–H groups in total. The van der Waals surface area contributed by atoms with Crippen LogP contribution in [-0.2, 0) is 24.3 Å². The molecule has 0 aliphatic carbocycles. The fourth-order valence-corrected chi connectivity index (χ4v) is 6.95. The van der Waals surface area contributed by atoms with Crippen LogP contribution in [0.4, 0.5) is 10.7 Å². The van der Waals surface area contributed by atoms with Crippen LogP contribution in [-0.4, -0.2) is 28.5 Å². The first-order valence-corrected chi connectivity index (χ1v) is 14.9. The molecule has 1 unspecified atom stereocenters. The maximum absolute atomic E-state index is 13.2. The average Bonchev–Trinajstić information content (AvgIpc) is 3.30. The molecule has 0 fully saturated rings. The molecule has 2 heterocycles. The van der Waals surface area contributed by atoms with E-state index >= 15 is 0 Å². The summed E-state index contributed by atoms with van der Waals surface area (Å²) in [6, 6.07) is 27.7. The lowest BCUT2D eigenvalue weighted by molar-refractivity contribution is -0.115. The van der Waals surface area contributed by atoms with Crippen molar-refractivity contribution < 1.29 is 9.59 Å². The van der Waals surface area contributed by atoms with Crippen molar-refractivity contribution in [1.82, 2.24) is 4.90 Å². The average molecular weight is 567 g/mol. The van der Waals surface area contributed by atoms with Crippen molar-refractivity contribution in [2.45, 2.75) is 43.5 Å². The second kappa shape index (κ2) is 12.5. The molecule has 0 spiro atoms. The molecule has 6 nitrogen and oxygen atoms in total. The van der Waals surface area contributed by atoms with Gasteiger partial charge in [0.1, 0.15) is 11.1 Å². The van der Waals surface area contributed by atoms with E-state index in [0.717, 1.165) is 47.0 Å². The van der Waals surface area contributed by atoms with Gasteiger partial charge in [0.2, 0.25) is 5.91 Å². The van der Waals surface area contributed by atoms with Crippen LogP contribution in [0.2, 0.25) is 0 Å². The van der Waals surface area contributed by atoms with Gasteiger partial charge in [0.05, 0.1) is 10.8 Å². The van der Waals surface area contributed by atoms with E-state index < -0.39 is 5.25 Å². The van der Waals surface area contributed by atoms with Crippen molar-refractivity contribution in [2.75, 3.05) is 17.2 Å². The summed E-state index contributed by atoms with van der Waals surface area (Å²) in [5.41, 5.74) is 5.12. The fraction of sp³-hybridized carbons (Fsp3) is 0.219. The van der Waals surface area contributed by atoms with Crippen LogP contribution in [0, 0.1) is 18.3 Å². The summed E-state index contributed by atoms with van der Waals surface area (Å²) >= 11 is 2.92. The van der Waals surface area contributed by atoms with Gasteiger partial charge in [-0.05, 0) is 61.2 Å². The predicted molar refractivity (Wildman–Crippen MR) is 163 cm³/mol. The summed E-state index contributed by atoms with van der Waals surface area (Å²) in [5, 5.41) is 16.1. The molecule has 1 aromatic heterocycles. The molecule has 4 aromatic rings. The Balaban J connectivity index is 1.22. The van der Waals surface area contributed by atoms with Crippen LogP contribution in [0.5, 0.6) is 0 Å². The summed E-state index contributed by atoms with van der Waals surface area (Å²) in [7, 11) is 0. The van der Waals surface area contributed by atoms with Gasteiger partial charge in [-0.15, -0.1) is 23.1 Å². The summed E-state index contributed by atoms with van der Waals surface area (Å²) in [4.78, 5) is 30.3. The van der Waals surface area contributed by atoms with Crippen molar-refractivity contribution in [2.24, 2.45) is 0 Å². The summed E-state index contributed by atoms with van der Waals surface area (Å²) in [5.74, 6) is -0.324. The third kappa shape index (κ3) is 6.45. The highest BCUT2D eigenvalue weighted by Crippen LogP contribution is 2.37. The molecule has 1 atom stereocenters. The number of anilines is 2. The zero-order valence-corrected chi connectivity index (χ0v) is 24.1. The van der Waals surface area contributed by atoms with Crippen molar-refractivity contribution in [3.63, 3.8) is 0 Å². The summed E-state index contributed by atoms with van der Waals surface area (Å²) in [6.07, 6.45) is 0.794. The zero-order chi connectivity index (χ0) is 28.1. The number of carbonyl (C=O) groups is 2. The Kier molecular flexibility index (Phi) is 8.66. The number of nitrogens with one attached hydrogen (secondary N) is 2. The number of thiophene rings is 1. The first kappa shape index (κ1) is 27.7. The molecule has 202 valence electrons. The maximum atomic E-state index is 13.2. The van der Waals surface area contributed by atoms with Crippen LogP contribution in [0.1, 0.15) is 44.4 Å². The Bertz CT molecular complexity index is 1580. The largest absolute Gasteiger partial charge is 0.322 e. The molecule has 40 heavy (non-hydrogen) atoms. The van der Waals surface area contributed by atoms with Gasteiger partial charge < -0.3 is 10.6 Å². The molecular weight excluding hydrogens is 537 g/mol. The minimum atomic E-state index is -0.400. The second-order valence-electron chi connectivity index (χ2n) is 9.81. The molecule has 0 bridgehead atoms. The zero-order valence-electron chi connectivity index (χ0n) is 22.4. The highest BCUT2D eigenvalue weighted by molar-refractivity contribution is 8.00. The SMILES string of the molecule is Cc1ccccc1C(=O)Nc1cccc(SC(C)C(=O)Nc2sc3c(c2C#N)CCN(Cc2ccccc2)C3)c1. The molecule has 0 radical (unpaired) electrons. The normalized spacial score (nSPS) is 13.6. The Morgan fingerprint density at radius 3 is 2.60 bits per heavy atom. The molecule has 1 aliphatic heterocycles. The number of hydrogen-bond acceptors (Lipinski definition) is 6. The smallest absolute Gasteiger partial charge is 0.255 e. The Morgan fingerprint density at radius 1 is 1.05 bits per heavy atom. The van der Waals surface area contributed by atoms with Gasteiger partial charge in [-0.25, -0.2) is 0 Å². The quantitative estimate of drug-likeness (QED) is 0.228. The first-order valence-electron chi connectivity index (χ1n) is 13.2. The van der Waals surface area contributed by atoms with E-state index in [1.54, 1.807) is 6.07 Å². The Hall–Kier alpha value is -3.90. The molecule has 0 saturated heterocycles. The van der Waals surface area contributed by atoms with E-state index in [2.05, 4.69) is 33.7 Å². The molecule has 5 rings (SSSR count). The number of thioether (sulfide) groups is 1. The highest BCUT2D eigenvalue weighted by Gasteiger charge is 2.26. The topological polar surface area (TPSA) is 85.2 Å². The fourth-order valence-electron chi connectivity index (χ4n) is 4.78. The van der Waals surface area contributed by atoms with Gasteiger partial charge in [-0.3, -0.25) is 14.5 Å². The van der Waals surface area contributed by atoms with Crippen LogP contribution in [0.25, 0.3) is 0 Å². The minimum Gasteiger partial charge on any atom is -0.322 e. The monoisotopic (exact) mass is 566 g/mol. The van der Waals surface area contributed by atoms with Gasteiger partial charge in [0.15, 0.2) is 0 Å². The number of hydrogen-bond donors (Lipinski definition) is 2. The molecule has 0 saturated carbocycles. The van der Waals surface area contributed by atoms with E-state index in [1.807, 2.05) is 74.5 Å². The third-order valence-corrected chi connectivity index (χ3v) is 9.12. The molecule has 2 amide bonds. The Morgan fingerprint density at radius 2 is 1.82 bits per heavy atom. The highest BCUT2D eigenvalue weighted by atomic mass is 32.2. The third-order valence-electron chi connectivity index (χ3n) is 6.90. The number of nitrogens with zero attached hydrogens (tertiary/aromatic N) is 2. The number of fused-ring (bicyclic) bond motifs is 1. The lowest BCUT2D eigenvalue weighted by Crippen LogP contribution is -2.29. The summed E-state index contributed by atoms with van der Waals surface area (Å²) < 4.78 is 0. The van der Waals surface area contributed by atoms with Gasteiger partial charge >= 0.3 is 0 Å². The van der Waals surface area contributed by atoms with Gasteiger partial charge in [0.25, 0.3) is 5.91 Å². The van der Waals surface area contributed by atoms with Gasteiger partial charge in [-0.1, -0.05) is 54.6 Å². The minimum absolute atomic E-state index is 0.157. The first-order chi connectivity index (χ1) is 19.4. The number of carbonyl (C=O) groups excluding carboxylic acids is 2. The second-order valence-corrected chi connectivity index (χ2v) is 12.3. The van der Waals surface area contributed by atoms with E-state index in [9.17, 15) is 14.9 Å². The van der Waals surface area contributed by atoms with Crippen LogP contribution in [0.15, 0.2) is 83.8 Å². The van der Waals surface area contributed by atoms with Gasteiger partial charge in [0, 0.05) is 40.7 Å². The van der Waals surface area contributed by atoms with Crippen LogP contribution < -0.4 is 10.6 Å². The number of amides is 2. The van der Waals surface area contributed by atoms with E-state index in [-0.39, 0.29) is 11.8 Å². The summed E-state index contributed by atoms with van der Waals surface area (Å²) in [6.45, 7) is 6.26. The number of benzene rings is 3. The lowest BCUT2D eigenvalue weighted by atomic mass is 10.0. The number of nitriles is 1. The van der Waals surface area contributed by atoms with Crippen molar-refractivity contribution in [1.29, 1.82) is 5.26 Å². The van der Waals surface area contributed by atoms with Crippen LogP contribution in [0.3, 0.4) is 0 Å². The van der Waals surface area contributed by atoms with Crippen molar-refractivity contribution in [3.8, 4) is 6.07 Å². The van der Waals surface area contributed by atoms with E-state index in [0.29, 0.717) is 21.8 Å². The van der Waals surface area contributed by atoms with Crippen molar-refractivity contribution >= 4 is 45.6 Å². The molecule has 3 aromatic carbocycles. The predicted octanol–water partition coefficient (Wildman–Crippen LogP) is 6.86. The number of aryl methyl sites for hydroxylation is 1. The standard InChI is InChI=1S/C32H30N4O2S2/c1-21-9-6-7-14-26(21)31(38)34-24-12-8-13-25(17-24)39-22(2)30(37)35-32-28(18-33)27-15-16-36(20-29(27)40-32)19-23-10-4-3-5-11-23/h3-14,17,22H,15-16,19-20H2,1-2H3,(H,34,38)(H,35,37). The lowest BCUT2D eigenvalue weighted by Gasteiger charge is -2.26. The van der Waals surface area contributed by atoms with E-state index in [4.69, 9.17) is 0 Å². The molecule has 1 aliphatic rings. The van der Waals surface area contributed by atoms with E-state index in [1.165, 1.54) is 28.7 Å².